The highest BCUT2D eigenvalue weighted by Crippen LogP contribution is 2.10. The molecule has 0 spiro atoms. The van der Waals surface area contributed by atoms with Gasteiger partial charge in [-0.2, -0.15) is 0 Å². The highest BCUT2D eigenvalue weighted by atomic mass is 16.3. The molecule has 0 amide bonds. The third-order valence-corrected chi connectivity index (χ3v) is 1.66. The van der Waals surface area contributed by atoms with E-state index in [1.807, 2.05) is 0 Å². The molecule has 0 aliphatic carbocycles. The number of pyridine rings is 1. The Bertz CT molecular complexity index is 439. The predicted octanol–water partition coefficient (Wildman–Crippen LogP) is 1.13. The minimum Gasteiger partial charge on any atom is -0.463 e. The molecule has 2 aromatic heterocycles. The van der Waals surface area contributed by atoms with Gasteiger partial charge in [0.1, 0.15) is 5.58 Å². The molecule has 2 heterocycles. The highest BCUT2D eigenvalue weighted by Gasteiger charge is 1.97. The maximum Gasteiger partial charge on any atom is 0.251 e. The number of hydrogen-bond donors (Lipinski definition) is 0. The van der Waals surface area contributed by atoms with Gasteiger partial charge in [0.25, 0.3) is 5.56 Å². The van der Waals surface area contributed by atoms with Crippen LogP contribution < -0.4 is 5.56 Å². The van der Waals surface area contributed by atoms with Gasteiger partial charge in [0.05, 0.1) is 12.5 Å². The van der Waals surface area contributed by atoms with Crippen LogP contribution in [0.3, 0.4) is 0 Å². The van der Waals surface area contributed by atoms with Crippen LogP contribution in [0.4, 0.5) is 0 Å². The molecular formula is C8H7NO2. The molecule has 0 unspecified atom stereocenters. The lowest BCUT2D eigenvalue weighted by Gasteiger charge is -1.93. The third kappa shape index (κ3) is 0.852. The number of aromatic nitrogens is 1. The van der Waals surface area contributed by atoms with Crippen LogP contribution in [0, 0.1) is 0 Å². The smallest absolute Gasteiger partial charge is 0.251 e. The van der Waals surface area contributed by atoms with Crippen LogP contribution in [-0.2, 0) is 7.05 Å². The molecule has 0 N–H and O–H groups in total. The van der Waals surface area contributed by atoms with Crippen molar-refractivity contribution in [2.24, 2.45) is 7.05 Å². The summed E-state index contributed by atoms with van der Waals surface area (Å²) in [5, 5.41) is 0.855. The molecule has 0 atom stereocenters. The van der Waals surface area contributed by atoms with Gasteiger partial charge in [-0.15, -0.1) is 0 Å². The molecule has 2 aromatic rings. The lowest BCUT2D eigenvalue weighted by atomic mass is 10.3. The van der Waals surface area contributed by atoms with E-state index in [4.69, 9.17) is 4.42 Å². The zero-order valence-electron chi connectivity index (χ0n) is 6.07. The van der Waals surface area contributed by atoms with Gasteiger partial charge in [-0.3, -0.25) is 4.79 Å². The Balaban J connectivity index is 2.97. The number of nitrogens with zero attached hydrogens (tertiary/aromatic N) is 1. The van der Waals surface area contributed by atoms with Gasteiger partial charge >= 0.3 is 0 Å². The van der Waals surface area contributed by atoms with Crippen molar-refractivity contribution in [3.8, 4) is 0 Å². The topological polar surface area (TPSA) is 35.1 Å². The van der Waals surface area contributed by atoms with E-state index in [0.717, 1.165) is 11.0 Å². The second kappa shape index (κ2) is 1.99. The lowest BCUT2D eigenvalue weighted by Crippen LogP contribution is -2.13. The van der Waals surface area contributed by atoms with Gasteiger partial charge in [0, 0.05) is 18.5 Å². The minimum atomic E-state index is -0.0149. The number of hydrogen-bond acceptors (Lipinski definition) is 2. The average molecular weight is 149 g/mol. The molecule has 0 saturated carbocycles. The Labute approximate surface area is 62.9 Å². The Morgan fingerprint density at radius 1 is 1.55 bits per heavy atom. The molecule has 0 bridgehead atoms. The lowest BCUT2D eigenvalue weighted by molar-refractivity contribution is 0.610. The van der Waals surface area contributed by atoms with Crippen LogP contribution in [0.25, 0.3) is 11.0 Å². The molecule has 0 aliphatic heterocycles. The van der Waals surface area contributed by atoms with Crippen molar-refractivity contribution in [3.05, 3.63) is 34.9 Å². The fraction of sp³-hybridized carbons (Fsp3) is 0.125. The first-order valence-corrected chi connectivity index (χ1v) is 3.31. The van der Waals surface area contributed by atoms with Crippen LogP contribution >= 0.6 is 0 Å². The van der Waals surface area contributed by atoms with Crippen LogP contribution in [0.2, 0.25) is 0 Å². The van der Waals surface area contributed by atoms with Gasteiger partial charge in [0.15, 0.2) is 0 Å². The van der Waals surface area contributed by atoms with Crippen molar-refractivity contribution in [1.29, 1.82) is 0 Å². The normalized spacial score (nSPS) is 10.6. The fourth-order valence-corrected chi connectivity index (χ4v) is 1.03. The van der Waals surface area contributed by atoms with Crippen LogP contribution in [0.15, 0.2) is 33.8 Å². The predicted molar refractivity (Wildman–Crippen MR) is 41.5 cm³/mol. The SMILES string of the molecule is Cn1cc2occc2cc1=O. The molecule has 56 valence electrons. The summed E-state index contributed by atoms with van der Waals surface area (Å²) in [5.74, 6) is 0. The molecule has 0 fully saturated rings. The van der Waals surface area contributed by atoms with E-state index in [2.05, 4.69) is 0 Å². The Morgan fingerprint density at radius 2 is 2.36 bits per heavy atom. The van der Waals surface area contributed by atoms with Crippen molar-refractivity contribution in [2.75, 3.05) is 0 Å². The summed E-state index contributed by atoms with van der Waals surface area (Å²) in [6.07, 6.45) is 3.25. The summed E-state index contributed by atoms with van der Waals surface area (Å²) >= 11 is 0. The zero-order chi connectivity index (χ0) is 7.84. The standard InChI is InChI=1S/C8H7NO2/c1-9-5-7-6(2-3-11-7)4-8(9)10/h2-5H,1H3. The number of fused-ring (bicyclic) bond motifs is 1. The number of aryl methyl sites for hydroxylation is 1. The van der Waals surface area contributed by atoms with E-state index in [9.17, 15) is 4.79 Å². The van der Waals surface area contributed by atoms with Gasteiger partial charge in [-0.05, 0) is 6.07 Å². The van der Waals surface area contributed by atoms with E-state index in [-0.39, 0.29) is 5.56 Å². The van der Waals surface area contributed by atoms with Gasteiger partial charge in [-0.25, -0.2) is 0 Å². The van der Waals surface area contributed by atoms with Crippen molar-refractivity contribution < 1.29 is 4.42 Å². The van der Waals surface area contributed by atoms with Gasteiger partial charge in [0.2, 0.25) is 0 Å². The van der Waals surface area contributed by atoms with E-state index < -0.39 is 0 Å². The second-order valence-corrected chi connectivity index (χ2v) is 2.46. The number of rotatable bonds is 0. The molecule has 0 saturated heterocycles. The Hall–Kier alpha value is -1.51. The molecule has 2 rings (SSSR count). The van der Waals surface area contributed by atoms with Gasteiger partial charge in [-0.1, -0.05) is 0 Å². The average Bonchev–Trinajstić information content (AvgIpc) is 2.36. The van der Waals surface area contributed by atoms with Crippen LogP contribution in [0.1, 0.15) is 0 Å². The summed E-state index contributed by atoms with van der Waals surface area (Å²) in [6, 6.07) is 3.33. The summed E-state index contributed by atoms with van der Waals surface area (Å²) in [5.41, 5.74) is 0.728. The van der Waals surface area contributed by atoms with Crippen LogP contribution in [-0.4, -0.2) is 4.57 Å². The molecule has 3 nitrogen and oxygen atoms in total. The highest BCUT2D eigenvalue weighted by molar-refractivity contribution is 5.75. The second-order valence-electron chi connectivity index (χ2n) is 2.46. The van der Waals surface area contributed by atoms with Crippen molar-refractivity contribution in [3.63, 3.8) is 0 Å². The summed E-state index contributed by atoms with van der Waals surface area (Å²) in [7, 11) is 1.70. The van der Waals surface area contributed by atoms with Crippen molar-refractivity contribution in [1.82, 2.24) is 4.57 Å². The van der Waals surface area contributed by atoms with E-state index in [1.54, 1.807) is 31.6 Å². The number of furan rings is 1. The largest absolute Gasteiger partial charge is 0.463 e. The zero-order valence-corrected chi connectivity index (χ0v) is 6.07. The Kier molecular flexibility index (Phi) is 1.12. The molecule has 11 heavy (non-hydrogen) atoms. The minimum absolute atomic E-state index is 0.0149. The molecule has 0 radical (unpaired) electrons. The molecule has 3 heteroatoms. The maximum atomic E-state index is 11.1. The monoisotopic (exact) mass is 149 g/mol. The first kappa shape index (κ1) is 6.22. The first-order valence-electron chi connectivity index (χ1n) is 3.31. The summed E-state index contributed by atoms with van der Waals surface area (Å²) in [6.45, 7) is 0. The van der Waals surface area contributed by atoms with Crippen LogP contribution in [0.5, 0.6) is 0 Å². The summed E-state index contributed by atoms with van der Waals surface area (Å²) < 4.78 is 6.59. The quantitative estimate of drug-likeness (QED) is 0.562. The first-order chi connectivity index (χ1) is 5.27. The van der Waals surface area contributed by atoms with E-state index in [0.29, 0.717) is 0 Å². The van der Waals surface area contributed by atoms with Crippen molar-refractivity contribution in [2.45, 2.75) is 0 Å². The van der Waals surface area contributed by atoms with Gasteiger partial charge < -0.3 is 8.98 Å². The molecule has 0 aromatic carbocycles. The summed E-state index contributed by atoms with van der Waals surface area (Å²) in [4.78, 5) is 11.1. The van der Waals surface area contributed by atoms with Crippen molar-refractivity contribution >= 4 is 11.0 Å². The van der Waals surface area contributed by atoms with E-state index in [1.165, 1.54) is 4.57 Å². The Morgan fingerprint density at radius 3 is 3.18 bits per heavy atom. The fourth-order valence-electron chi connectivity index (χ4n) is 1.03. The third-order valence-electron chi connectivity index (χ3n) is 1.66. The molecule has 0 aliphatic rings. The molecular weight excluding hydrogens is 142 g/mol. The maximum absolute atomic E-state index is 11.1. The van der Waals surface area contributed by atoms with E-state index >= 15 is 0 Å².